The van der Waals surface area contributed by atoms with Crippen molar-refractivity contribution in [2.24, 2.45) is 4.99 Å². The van der Waals surface area contributed by atoms with E-state index < -0.39 is 35.9 Å². The molecule has 9 heteroatoms. The van der Waals surface area contributed by atoms with Crippen molar-refractivity contribution in [3.63, 3.8) is 0 Å². The van der Waals surface area contributed by atoms with Gasteiger partial charge < -0.3 is 20.1 Å². The number of thioether (sulfide) groups is 1. The first kappa shape index (κ1) is 24.9. The summed E-state index contributed by atoms with van der Waals surface area (Å²) in [6, 6.07) is 15.1. The van der Waals surface area contributed by atoms with Gasteiger partial charge in [0.05, 0.1) is 30.5 Å². The van der Waals surface area contributed by atoms with Gasteiger partial charge in [0, 0.05) is 15.9 Å². The number of aliphatic hydroxyl groups excluding tert-OH is 1. The van der Waals surface area contributed by atoms with E-state index in [1.165, 1.54) is 16.7 Å². The first-order valence-electron chi connectivity index (χ1n) is 11.5. The molecule has 4 rings (SSSR count). The van der Waals surface area contributed by atoms with Gasteiger partial charge in [-0.05, 0) is 6.07 Å². The molecule has 35 heavy (non-hydrogen) atoms. The predicted octanol–water partition coefficient (Wildman–Crippen LogP) is 2.52. The first-order chi connectivity index (χ1) is 16.7. The maximum Gasteiger partial charge on any atom is 0.309 e. The molecule has 1 fully saturated rings. The van der Waals surface area contributed by atoms with Crippen molar-refractivity contribution in [2.45, 2.75) is 49.5 Å². The topological polar surface area (TPSA) is 108 Å². The first-order valence-corrected chi connectivity index (χ1v) is 12.4. The van der Waals surface area contributed by atoms with Gasteiger partial charge in [-0.25, -0.2) is 0 Å². The number of esters is 1. The second kappa shape index (κ2) is 10.2. The zero-order valence-corrected chi connectivity index (χ0v) is 20.7. The Hall–Kier alpha value is -3.17. The normalized spacial score (nSPS) is 22.2. The van der Waals surface area contributed by atoms with Gasteiger partial charge in [0.1, 0.15) is 6.54 Å². The Bertz CT molecular complexity index is 1150. The minimum Gasteiger partial charge on any atom is -0.449 e. The summed E-state index contributed by atoms with van der Waals surface area (Å²) < 4.78 is 5.24. The van der Waals surface area contributed by atoms with Gasteiger partial charge in [0.2, 0.25) is 5.91 Å². The van der Waals surface area contributed by atoms with E-state index in [4.69, 9.17) is 4.74 Å². The molecule has 0 bridgehead atoms. The lowest BCUT2D eigenvalue weighted by molar-refractivity contribution is -0.139. The maximum atomic E-state index is 13.4. The summed E-state index contributed by atoms with van der Waals surface area (Å²) in [5.74, 6) is -1.26. The minimum atomic E-state index is -1.05. The lowest BCUT2D eigenvalue weighted by Gasteiger charge is -2.27. The largest absolute Gasteiger partial charge is 0.449 e. The number of hydrogen-bond donors (Lipinski definition) is 2. The fourth-order valence-corrected chi connectivity index (χ4v) is 5.28. The quantitative estimate of drug-likeness (QED) is 0.597. The Kier molecular flexibility index (Phi) is 7.28. The molecule has 1 saturated heterocycles. The van der Waals surface area contributed by atoms with Crippen LogP contribution in [-0.2, 0) is 19.1 Å². The van der Waals surface area contributed by atoms with Crippen LogP contribution < -0.4 is 10.2 Å². The van der Waals surface area contributed by atoms with Crippen molar-refractivity contribution in [2.75, 3.05) is 18.1 Å². The van der Waals surface area contributed by atoms with Crippen molar-refractivity contribution in [1.29, 1.82) is 0 Å². The summed E-state index contributed by atoms with van der Waals surface area (Å²) in [6.07, 6.45) is 0.0740. The van der Waals surface area contributed by atoms with E-state index in [-0.39, 0.29) is 23.7 Å². The number of aliphatic imine (C=N–C) groups is 1. The van der Waals surface area contributed by atoms with E-state index in [1.807, 2.05) is 63.2 Å². The summed E-state index contributed by atoms with van der Waals surface area (Å²) in [4.78, 5) is 44.4. The number of amides is 2. The molecule has 8 nitrogen and oxygen atoms in total. The van der Waals surface area contributed by atoms with Gasteiger partial charge >= 0.3 is 5.97 Å². The molecule has 0 aromatic heterocycles. The van der Waals surface area contributed by atoms with Crippen LogP contribution >= 0.6 is 11.8 Å². The zero-order valence-electron chi connectivity index (χ0n) is 19.9. The average molecular weight is 496 g/mol. The number of fused-ring (bicyclic) bond motifs is 1. The lowest BCUT2D eigenvalue weighted by atomic mass is 10.0. The fourth-order valence-electron chi connectivity index (χ4n) is 4.10. The van der Waals surface area contributed by atoms with Crippen LogP contribution in [0.1, 0.15) is 38.3 Å². The highest BCUT2D eigenvalue weighted by atomic mass is 32.2. The molecule has 2 aliphatic heterocycles. The third-order valence-electron chi connectivity index (χ3n) is 5.59. The Balaban J connectivity index is 1.61. The van der Waals surface area contributed by atoms with Crippen LogP contribution in [0.25, 0.3) is 0 Å². The smallest absolute Gasteiger partial charge is 0.309 e. The van der Waals surface area contributed by atoms with Crippen molar-refractivity contribution >= 4 is 40.9 Å². The summed E-state index contributed by atoms with van der Waals surface area (Å²) >= 11 is 1.47. The Labute approximate surface area is 208 Å². The molecule has 0 spiro atoms. The molecule has 0 radical (unpaired) electrons. The molecule has 3 atom stereocenters. The van der Waals surface area contributed by atoms with Crippen LogP contribution in [0, 0.1) is 0 Å². The number of ether oxygens (including phenoxy) is 1. The van der Waals surface area contributed by atoms with E-state index in [0.717, 1.165) is 5.56 Å². The van der Waals surface area contributed by atoms with Gasteiger partial charge in [-0.3, -0.25) is 19.4 Å². The highest BCUT2D eigenvalue weighted by molar-refractivity contribution is 8.01. The highest BCUT2D eigenvalue weighted by Gasteiger charge is 2.40. The highest BCUT2D eigenvalue weighted by Crippen LogP contribution is 2.35. The monoisotopic (exact) mass is 495 g/mol. The number of nitrogens with zero attached hydrogens (tertiary/aromatic N) is 2. The van der Waals surface area contributed by atoms with Gasteiger partial charge in [-0.15, -0.1) is 11.8 Å². The Morgan fingerprint density at radius 2 is 1.83 bits per heavy atom. The van der Waals surface area contributed by atoms with Gasteiger partial charge in [-0.2, -0.15) is 0 Å². The molecule has 2 amide bonds. The maximum absolute atomic E-state index is 13.4. The van der Waals surface area contributed by atoms with E-state index in [1.54, 1.807) is 12.1 Å². The van der Waals surface area contributed by atoms with Crippen molar-refractivity contribution in [3.8, 4) is 0 Å². The SMILES string of the molecule is CC(C)(C)S[C@H]1OC(=O)C[C@@H]1NC(=O)CN1C(=O)[C@@H](CO)N=C(c2ccccc2)c2ccccc21. The third-order valence-corrected chi connectivity index (χ3v) is 6.95. The number of benzodiazepines with no additional fused rings is 1. The summed E-state index contributed by atoms with van der Waals surface area (Å²) in [6.45, 7) is 5.26. The number of carbonyl (C=O) groups is 3. The van der Waals surface area contributed by atoms with Crippen LogP contribution in [-0.4, -0.2) is 64.0 Å². The van der Waals surface area contributed by atoms with E-state index in [9.17, 15) is 19.5 Å². The Morgan fingerprint density at radius 1 is 1.14 bits per heavy atom. The molecule has 0 aliphatic carbocycles. The number of nitrogens with one attached hydrogen (secondary N) is 1. The van der Waals surface area contributed by atoms with Gasteiger partial charge in [-0.1, -0.05) is 69.3 Å². The summed E-state index contributed by atoms with van der Waals surface area (Å²) in [5, 5.41) is 12.8. The molecule has 2 aromatic rings. The number of para-hydroxylation sites is 1. The number of hydrogen-bond acceptors (Lipinski definition) is 7. The van der Waals surface area contributed by atoms with Crippen molar-refractivity contribution in [3.05, 3.63) is 65.7 Å². The number of rotatable bonds is 6. The predicted molar refractivity (Wildman–Crippen MR) is 136 cm³/mol. The second-order valence-corrected chi connectivity index (χ2v) is 11.4. The fraction of sp³-hybridized carbons (Fsp3) is 0.385. The second-order valence-electron chi connectivity index (χ2n) is 9.45. The minimum absolute atomic E-state index is 0.0740. The molecule has 2 aromatic carbocycles. The number of anilines is 1. The van der Waals surface area contributed by atoms with Crippen LogP contribution in [0.5, 0.6) is 0 Å². The van der Waals surface area contributed by atoms with E-state index >= 15 is 0 Å². The Morgan fingerprint density at radius 3 is 2.51 bits per heavy atom. The van der Waals surface area contributed by atoms with Crippen molar-refractivity contribution < 1.29 is 24.2 Å². The molecule has 0 saturated carbocycles. The van der Waals surface area contributed by atoms with Crippen LogP contribution in [0.15, 0.2) is 59.6 Å². The van der Waals surface area contributed by atoms with Crippen molar-refractivity contribution in [1.82, 2.24) is 5.32 Å². The lowest BCUT2D eigenvalue weighted by Crippen LogP contribution is -2.49. The summed E-state index contributed by atoms with van der Waals surface area (Å²) in [7, 11) is 0. The van der Waals surface area contributed by atoms with E-state index in [2.05, 4.69) is 10.3 Å². The molecule has 2 heterocycles. The number of benzene rings is 2. The standard InChI is InChI=1S/C26H29N3O5S/c1-26(2,3)35-25-18(13-22(32)34-25)27-21(31)14-29-20-12-8-7-11-17(20)23(16-9-5-4-6-10-16)28-19(15-30)24(29)33/h4-12,18-19,25,30H,13-15H2,1-3H3,(H,27,31)/t18-,19+,25+/m0/s1. The number of carbonyl (C=O) groups excluding carboxylic acids is 3. The number of cyclic esters (lactones) is 1. The molecule has 184 valence electrons. The molecule has 2 N–H and O–H groups in total. The average Bonchev–Trinajstić information content (AvgIpc) is 3.09. The number of aliphatic hydroxyl groups is 1. The summed E-state index contributed by atoms with van der Waals surface area (Å²) in [5.41, 5.74) is 2.10. The zero-order chi connectivity index (χ0) is 25.2. The van der Waals surface area contributed by atoms with Gasteiger partial charge in [0.15, 0.2) is 11.5 Å². The van der Waals surface area contributed by atoms with Crippen LogP contribution in [0.2, 0.25) is 0 Å². The van der Waals surface area contributed by atoms with Crippen LogP contribution in [0.3, 0.4) is 0 Å². The molecule has 0 unspecified atom stereocenters. The van der Waals surface area contributed by atoms with Crippen LogP contribution in [0.4, 0.5) is 5.69 Å². The van der Waals surface area contributed by atoms with E-state index in [0.29, 0.717) is 17.0 Å². The molecule has 2 aliphatic rings. The molecular weight excluding hydrogens is 466 g/mol. The molecular formula is C26H29N3O5S. The van der Waals surface area contributed by atoms with Gasteiger partial charge in [0.25, 0.3) is 5.91 Å². The third kappa shape index (κ3) is 5.74.